The quantitative estimate of drug-likeness (QED) is 0.830. The highest BCUT2D eigenvalue weighted by Crippen LogP contribution is 2.31. The van der Waals surface area contributed by atoms with Crippen molar-refractivity contribution in [3.8, 4) is 0 Å². The Morgan fingerprint density at radius 3 is 2.56 bits per heavy atom. The SMILES string of the molecule is O=C1N[C@@H](c2ccccc2)CN1Cc1ccc(N2CCCC2)c(Br)c1. The average Bonchev–Trinajstić information content (AvgIpc) is 3.27. The Morgan fingerprint density at radius 2 is 1.84 bits per heavy atom. The molecule has 0 unspecified atom stereocenters. The smallest absolute Gasteiger partial charge is 0.318 e. The van der Waals surface area contributed by atoms with E-state index in [1.165, 1.54) is 18.5 Å². The van der Waals surface area contributed by atoms with E-state index in [2.05, 4.69) is 56.5 Å². The number of amides is 2. The van der Waals surface area contributed by atoms with E-state index in [4.69, 9.17) is 0 Å². The molecule has 2 aliphatic rings. The average molecular weight is 400 g/mol. The summed E-state index contributed by atoms with van der Waals surface area (Å²) in [5.41, 5.74) is 3.57. The fourth-order valence-corrected chi connectivity index (χ4v) is 4.36. The molecule has 4 nitrogen and oxygen atoms in total. The Labute approximate surface area is 156 Å². The molecule has 0 aromatic heterocycles. The second-order valence-electron chi connectivity index (χ2n) is 6.77. The molecule has 2 fully saturated rings. The van der Waals surface area contributed by atoms with Crippen LogP contribution in [0.4, 0.5) is 10.5 Å². The van der Waals surface area contributed by atoms with Gasteiger partial charge in [-0.25, -0.2) is 4.79 Å². The first kappa shape index (κ1) is 16.5. The van der Waals surface area contributed by atoms with E-state index in [9.17, 15) is 4.79 Å². The summed E-state index contributed by atoms with van der Waals surface area (Å²) >= 11 is 3.71. The number of carbonyl (C=O) groups is 1. The summed E-state index contributed by atoms with van der Waals surface area (Å²) in [4.78, 5) is 16.6. The molecule has 25 heavy (non-hydrogen) atoms. The van der Waals surface area contributed by atoms with Crippen molar-refractivity contribution in [3.05, 3.63) is 64.1 Å². The van der Waals surface area contributed by atoms with Crippen LogP contribution >= 0.6 is 15.9 Å². The molecule has 1 N–H and O–H groups in total. The predicted molar refractivity (Wildman–Crippen MR) is 104 cm³/mol. The van der Waals surface area contributed by atoms with Crippen LogP contribution in [0.15, 0.2) is 53.0 Å². The summed E-state index contributed by atoms with van der Waals surface area (Å²) in [6, 6.07) is 16.7. The predicted octanol–water partition coefficient (Wildman–Crippen LogP) is 4.32. The minimum absolute atomic E-state index is 0.00796. The lowest BCUT2D eigenvalue weighted by Crippen LogP contribution is -2.27. The first-order valence-corrected chi connectivity index (χ1v) is 9.64. The molecule has 1 atom stereocenters. The second-order valence-corrected chi connectivity index (χ2v) is 7.63. The van der Waals surface area contributed by atoms with Crippen LogP contribution in [-0.2, 0) is 6.54 Å². The molecule has 0 radical (unpaired) electrons. The molecule has 5 heteroatoms. The van der Waals surface area contributed by atoms with Gasteiger partial charge in [0.15, 0.2) is 0 Å². The molecule has 2 aromatic rings. The van der Waals surface area contributed by atoms with Crippen molar-refractivity contribution < 1.29 is 4.79 Å². The maximum absolute atomic E-state index is 12.3. The molecular formula is C20H22BrN3O. The molecule has 2 aromatic carbocycles. The Balaban J connectivity index is 1.45. The Morgan fingerprint density at radius 1 is 1.08 bits per heavy atom. The van der Waals surface area contributed by atoms with Gasteiger partial charge in [-0.1, -0.05) is 36.4 Å². The fourth-order valence-electron chi connectivity index (χ4n) is 3.68. The van der Waals surface area contributed by atoms with E-state index >= 15 is 0 Å². The summed E-state index contributed by atoms with van der Waals surface area (Å²) in [6.45, 7) is 3.60. The fraction of sp³-hybridized carbons (Fsp3) is 0.350. The van der Waals surface area contributed by atoms with Gasteiger partial charge in [-0.3, -0.25) is 0 Å². The van der Waals surface area contributed by atoms with Crippen LogP contribution in [0.1, 0.15) is 30.0 Å². The number of urea groups is 1. The van der Waals surface area contributed by atoms with Gasteiger partial charge in [0.2, 0.25) is 0 Å². The summed E-state index contributed by atoms with van der Waals surface area (Å²) in [5, 5.41) is 3.08. The van der Waals surface area contributed by atoms with Crippen molar-refractivity contribution in [2.24, 2.45) is 0 Å². The molecule has 0 aliphatic carbocycles. The third kappa shape index (κ3) is 3.52. The second kappa shape index (κ2) is 7.08. The number of hydrogen-bond donors (Lipinski definition) is 1. The molecule has 0 saturated carbocycles. The monoisotopic (exact) mass is 399 g/mol. The van der Waals surface area contributed by atoms with Crippen molar-refractivity contribution in [2.45, 2.75) is 25.4 Å². The van der Waals surface area contributed by atoms with Gasteiger partial charge >= 0.3 is 6.03 Å². The molecule has 2 saturated heterocycles. The van der Waals surface area contributed by atoms with Crippen molar-refractivity contribution in [2.75, 3.05) is 24.5 Å². The number of halogens is 1. The van der Waals surface area contributed by atoms with E-state index in [0.717, 1.165) is 28.7 Å². The van der Waals surface area contributed by atoms with Crippen molar-refractivity contribution >= 4 is 27.6 Å². The summed E-state index contributed by atoms with van der Waals surface area (Å²) < 4.78 is 1.12. The number of benzene rings is 2. The Hall–Kier alpha value is -2.01. The van der Waals surface area contributed by atoms with Gasteiger partial charge in [0, 0.05) is 30.7 Å². The van der Waals surface area contributed by atoms with Crippen LogP contribution in [0.3, 0.4) is 0 Å². The number of carbonyl (C=O) groups excluding carboxylic acids is 1. The molecule has 2 amide bonds. The van der Waals surface area contributed by atoms with Gasteiger partial charge < -0.3 is 15.1 Å². The standard InChI is InChI=1S/C20H22BrN3O/c21-17-12-15(8-9-19(17)23-10-4-5-11-23)13-24-14-18(22-20(24)25)16-6-2-1-3-7-16/h1-3,6-9,12,18H,4-5,10-11,13-14H2,(H,22,25)/t18-/m1/s1. The van der Waals surface area contributed by atoms with E-state index in [1.54, 1.807) is 0 Å². The lowest BCUT2D eigenvalue weighted by Gasteiger charge is -2.21. The minimum atomic E-state index is 0.00796. The normalized spacial score (nSPS) is 20.2. The molecule has 0 bridgehead atoms. The zero-order valence-electron chi connectivity index (χ0n) is 14.1. The van der Waals surface area contributed by atoms with Crippen LogP contribution in [0.2, 0.25) is 0 Å². The number of hydrogen-bond acceptors (Lipinski definition) is 2. The van der Waals surface area contributed by atoms with Gasteiger partial charge in [-0.05, 0) is 52.0 Å². The van der Waals surface area contributed by atoms with Crippen molar-refractivity contribution in [1.82, 2.24) is 10.2 Å². The van der Waals surface area contributed by atoms with Crippen LogP contribution < -0.4 is 10.2 Å². The van der Waals surface area contributed by atoms with Gasteiger partial charge in [0.1, 0.15) is 0 Å². The highest BCUT2D eigenvalue weighted by molar-refractivity contribution is 9.10. The van der Waals surface area contributed by atoms with Crippen LogP contribution in [-0.4, -0.2) is 30.6 Å². The maximum Gasteiger partial charge on any atom is 0.318 e. The third-order valence-electron chi connectivity index (χ3n) is 5.02. The minimum Gasteiger partial charge on any atom is -0.371 e. The first-order valence-electron chi connectivity index (χ1n) is 8.84. The number of rotatable bonds is 4. The lowest BCUT2D eigenvalue weighted by molar-refractivity contribution is 0.215. The molecule has 2 heterocycles. The Kier molecular flexibility index (Phi) is 4.66. The zero-order chi connectivity index (χ0) is 17.2. The topological polar surface area (TPSA) is 35.6 Å². The van der Waals surface area contributed by atoms with Gasteiger partial charge in [-0.15, -0.1) is 0 Å². The number of anilines is 1. The molecule has 130 valence electrons. The van der Waals surface area contributed by atoms with Crippen molar-refractivity contribution in [3.63, 3.8) is 0 Å². The van der Waals surface area contributed by atoms with Crippen LogP contribution in [0, 0.1) is 0 Å². The van der Waals surface area contributed by atoms with E-state index in [-0.39, 0.29) is 12.1 Å². The first-order chi connectivity index (χ1) is 12.2. The van der Waals surface area contributed by atoms with Gasteiger partial charge in [0.25, 0.3) is 0 Å². The van der Waals surface area contributed by atoms with Crippen LogP contribution in [0.5, 0.6) is 0 Å². The maximum atomic E-state index is 12.3. The van der Waals surface area contributed by atoms with Crippen LogP contribution in [0.25, 0.3) is 0 Å². The molecule has 2 aliphatic heterocycles. The third-order valence-corrected chi connectivity index (χ3v) is 5.66. The highest BCUT2D eigenvalue weighted by atomic mass is 79.9. The summed E-state index contributed by atoms with van der Waals surface area (Å²) in [7, 11) is 0. The zero-order valence-corrected chi connectivity index (χ0v) is 15.7. The summed E-state index contributed by atoms with van der Waals surface area (Å²) in [5.74, 6) is 0. The molecule has 4 rings (SSSR count). The number of nitrogens with one attached hydrogen (secondary N) is 1. The Bertz CT molecular complexity index is 759. The van der Waals surface area contributed by atoms with Gasteiger partial charge in [0.05, 0.1) is 11.7 Å². The summed E-state index contributed by atoms with van der Waals surface area (Å²) in [6.07, 6.45) is 2.53. The lowest BCUT2D eigenvalue weighted by atomic mass is 10.1. The van der Waals surface area contributed by atoms with Crippen molar-refractivity contribution in [1.29, 1.82) is 0 Å². The van der Waals surface area contributed by atoms with E-state index in [0.29, 0.717) is 13.1 Å². The highest BCUT2D eigenvalue weighted by Gasteiger charge is 2.29. The molecule has 0 spiro atoms. The largest absolute Gasteiger partial charge is 0.371 e. The van der Waals surface area contributed by atoms with E-state index < -0.39 is 0 Å². The van der Waals surface area contributed by atoms with Gasteiger partial charge in [-0.2, -0.15) is 0 Å². The number of nitrogens with zero attached hydrogens (tertiary/aromatic N) is 2. The molecular weight excluding hydrogens is 378 g/mol. The van der Waals surface area contributed by atoms with E-state index in [1.807, 2.05) is 23.1 Å².